The number of carbonyl (C=O) groups is 1. The largest absolute Gasteiger partial charge is 0.385 e. The molecule has 0 fully saturated rings. The zero-order valence-electron chi connectivity index (χ0n) is 10.3. The van der Waals surface area contributed by atoms with Crippen LogP contribution >= 0.6 is 0 Å². The second-order valence-electron chi connectivity index (χ2n) is 4.16. The molecule has 0 saturated carbocycles. The Labute approximate surface area is 101 Å². The second-order valence-corrected chi connectivity index (χ2v) is 4.16. The molecule has 17 heavy (non-hydrogen) atoms. The van der Waals surface area contributed by atoms with Gasteiger partial charge in [-0.3, -0.25) is 4.79 Å². The van der Waals surface area contributed by atoms with E-state index in [1.807, 2.05) is 24.4 Å². The summed E-state index contributed by atoms with van der Waals surface area (Å²) in [4.78, 5) is 11.6. The first kappa shape index (κ1) is 11.9. The molecule has 2 aromatic rings. The molecular formula is C14H17NO2. The van der Waals surface area contributed by atoms with E-state index < -0.39 is 0 Å². The maximum atomic E-state index is 11.6. The summed E-state index contributed by atoms with van der Waals surface area (Å²) < 4.78 is 7.18. The summed E-state index contributed by atoms with van der Waals surface area (Å²) in [7, 11) is 1.70. The van der Waals surface area contributed by atoms with Gasteiger partial charge in [0.2, 0.25) is 0 Å². The van der Waals surface area contributed by atoms with Gasteiger partial charge in [0.05, 0.1) is 0 Å². The van der Waals surface area contributed by atoms with E-state index >= 15 is 0 Å². The van der Waals surface area contributed by atoms with Crippen LogP contribution in [0.5, 0.6) is 0 Å². The minimum absolute atomic E-state index is 0.117. The molecule has 0 radical (unpaired) electrons. The average Bonchev–Trinajstić information content (AvgIpc) is 2.69. The topological polar surface area (TPSA) is 31.2 Å². The van der Waals surface area contributed by atoms with E-state index in [2.05, 4.69) is 10.6 Å². The number of benzene rings is 1. The average molecular weight is 231 g/mol. The van der Waals surface area contributed by atoms with Crippen LogP contribution < -0.4 is 0 Å². The van der Waals surface area contributed by atoms with Crippen molar-refractivity contribution < 1.29 is 9.53 Å². The molecule has 3 nitrogen and oxygen atoms in total. The number of aromatic nitrogens is 1. The highest BCUT2D eigenvalue weighted by atomic mass is 16.5. The molecule has 1 aromatic heterocycles. The number of ether oxygens (including phenoxy) is 1. The number of para-hydroxylation sites is 1. The molecule has 0 amide bonds. The molecule has 1 aromatic carbocycles. The minimum Gasteiger partial charge on any atom is -0.385 e. The molecule has 0 aliphatic heterocycles. The summed E-state index contributed by atoms with van der Waals surface area (Å²) in [6, 6.07) is 8.01. The van der Waals surface area contributed by atoms with Crippen LogP contribution in [0.4, 0.5) is 0 Å². The molecule has 0 bridgehead atoms. The Balaban J connectivity index is 2.38. The first-order valence-electron chi connectivity index (χ1n) is 5.82. The smallest absolute Gasteiger partial charge is 0.161 e. The van der Waals surface area contributed by atoms with Gasteiger partial charge in [0.25, 0.3) is 0 Å². The number of aryl methyl sites for hydroxylation is 1. The quantitative estimate of drug-likeness (QED) is 0.585. The van der Waals surface area contributed by atoms with Crippen LogP contribution in [0.15, 0.2) is 30.5 Å². The number of Topliss-reactive ketones (excluding diaryl/α,β-unsaturated/α-hetero) is 1. The number of methoxy groups -OCH3 is 1. The Hall–Kier alpha value is -1.61. The summed E-state index contributed by atoms with van der Waals surface area (Å²) in [6.07, 6.45) is 2.90. The molecule has 0 aliphatic carbocycles. The van der Waals surface area contributed by atoms with Crippen LogP contribution in [0.3, 0.4) is 0 Å². The van der Waals surface area contributed by atoms with Crippen molar-refractivity contribution in [2.24, 2.45) is 0 Å². The van der Waals surface area contributed by atoms with Crippen molar-refractivity contribution in [3.05, 3.63) is 36.0 Å². The minimum atomic E-state index is 0.117. The van der Waals surface area contributed by atoms with Crippen LogP contribution in [-0.2, 0) is 11.3 Å². The molecule has 2 rings (SSSR count). The van der Waals surface area contributed by atoms with Crippen molar-refractivity contribution in [3.63, 3.8) is 0 Å². The molecule has 0 atom stereocenters. The molecule has 0 spiro atoms. The number of ketones is 1. The van der Waals surface area contributed by atoms with Crippen molar-refractivity contribution in [1.29, 1.82) is 0 Å². The van der Waals surface area contributed by atoms with Gasteiger partial charge < -0.3 is 9.30 Å². The van der Waals surface area contributed by atoms with Gasteiger partial charge in [0.15, 0.2) is 5.78 Å². The number of fused-ring (bicyclic) bond motifs is 1. The third-order valence-corrected chi connectivity index (χ3v) is 2.92. The molecule has 0 aliphatic rings. The summed E-state index contributed by atoms with van der Waals surface area (Å²) in [5.41, 5.74) is 1.92. The third kappa shape index (κ3) is 2.39. The van der Waals surface area contributed by atoms with E-state index in [1.165, 1.54) is 0 Å². The van der Waals surface area contributed by atoms with E-state index in [1.54, 1.807) is 14.0 Å². The van der Waals surface area contributed by atoms with Gasteiger partial charge >= 0.3 is 0 Å². The van der Waals surface area contributed by atoms with Gasteiger partial charge in [-0.25, -0.2) is 0 Å². The SMILES string of the molecule is COCCCn1cc(C(C)=O)c2ccccc21. The van der Waals surface area contributed by atoms with Crippen LogP contribution in [0, 0.1) is 0 Å². The standard InChI is InChI=1S/C14H17NO2/c1-11(16)13-10-15(8-5-9-17-2)14-7-4-3-6-12(13)14/h3-4,6-7,10H,5,8-9H2,1-2H3. The van der Waals surface area contributed by atoms with Crippen molar-refractivity contribution in [3.8, 4) is 0 Å². The molecule has 0 N–H and O–H groups in total. The summed E-state index contributed by atoms with van der Waals surface area (Å²) in [6.45, 7) is 3.23. The highest BCUT2D eigenvalue weighted by Gasteiger charge is 2.10. The summed E-state index contributed by atoms with van der Waals surface area (Å²) in [5, 5.41) is 1.04. The molecule has 0 unspecified atom stereocenters. The predicted molar refractivity (Wildman–Crippen MR) is 68.4 cm³/mol. The lowest BCUT2D eigenvalue weighted by Gasteiger charge is -2.04. The molecular weight excluding hydrogens is 214 g/mol. The molecule has 0 saturated heterocycles. The van der Waals surface area contributed by atoms with Gasteiger partial charge in [0.1, 0.15) is 0 Å². The monoisotopic (exact) mass is 231 g/mol. The number of hydrogen-bond donors (Lipinski definition) is 0. The van der Waals surface area contributed by atoms with Gasteiger partial charge in [-0.15, -0.1) is 0 Å². The molecule has 1 heterocycles. The van der Waals surface area contributed by atoms with Gasteiger partial charge in [-0.1, -0.05) is 18.2 Å². The Bertz CT molecular complexity index is 528. The molecule has 90 valence electrons. The third-order valence-electron chi connectivity index (χ3n) is 2.92. The van der Waals surface area contributed by atoms with E-state index in [-0.39, 0.29) is 5.78 Å². The lowest BCUT2D eigenvalue weighted by Crippen LogP contribution is -2.00. The van der Waals surface area contributed by atoms with Gasteiger partial charge in [-0.05, 0) is 19.4 Å². The van der Waals surface area contributed by atoms with Crippen LogP contribution in [0.2, 0.25) is 0 Å². The highest BCUT2D eigenvalue weighted by molar-refractivity contribution is 6.06. The first-order chi connectivity index (χ1) is 8.24. The van der Waals surface area contributed by atoms with E-state index in [4.69, 9.17) is 4.74 Å². The lowest BCUT2D eigenvalue weighted by atomic mass is 10.1. The van der Waals surface area contributed by atoms with Gasteiger partial charge in [0, 0.05) is 42.9 Å². The fraction of sp³-hybridized carbons (Fsp3) is 0.357. The number of carbonyl (C=O) groups excluding carboxylic acids is 1. The van der Waals surface area contributed by atoms with Crippen LogP contribution in [0.25, 0.3) is 10.9 Å². The van der Waals surface area contributed by atoms with Crippen molar-refractivity contribution in [2.75, 3.05) is 13.7 Å². The Kier molecular flexibility index (Phi) is 3.59. The Morgan fingerprint density at radius 3 is 2.82 bits per heavy atom. The Morgan fingerprint density at radius 2 is 2.12 bits per heavy atom. The second kappa shape index (κ2) is 5.15. The first-order valence-corrected chi connectivity index (χ1v) is 5.82. The van der Waals surface area contributed by atoms with E-state index in [0.29, 0.717) is 0 Å². The lowest BCUT2D eigenvalue weighted by molar-refractivity contribution is 0.101. The maximum Gasteiger partial charge on any atom is 0.161 e. The highest BCUT2D eigenvalue weighted by Crippen LogP contribution is 2.21. The summed E-state index contributed by atoms with van der Waals surface area (Å²) >= 11 is 0. The number of hydrogen-bond acceptors (Lipinski definition) is 2. The van der Waals surface area contributed by atoms with Crippen LogP contribution in [-0.4, -0.2) is 24.1 Å². The number of nitrogens with zero attached hydrogens (tertiary/aromatic N) is 1. The maximum absolute atomic E-state index is 11.6. The van der Waals surface area contributed by atoms with Crippen molar-refractivity contribution in [2.45, 2.75) is 19.9 Å². The fourth-order valence-corrected chi connectivity index (χ4v) is 2.09. The molecule has 3 heteroatoms. The van der Waals surface area contributed by atoms with E-state index in [0.717, 1.165) is 36.0 Å². The zero-order valence-corrected chi connectivity index (χ0v) is 10.3. The fourth-order valence-electron chi connectivity index (χ4n) is 2.09. The van der Waals surface area contributed by atoms with E-state index in [9.17, 15) is 4.79 Å². The number of rotatable bonds is 5. The van der Waals surface area contributed by atoms with Crippen molar-refractivity contribution in [1.82, 2.24) is 4.57 Å². The van der Waals surface area contributed by atoms with Crippen molar-refractivity contribution >= 4 is 16.7 Å². The Morgan fingerprint density at radius 1 is 1.35 bits per heavy atom. The normalized spacial score (nSPS) is 10.9. The summed E-state index contributed by atoms with van der Waals surface area (Å²) in [5.74, 6) is 0.117. The predicted octanol–water partition coefficient (Wildman–Crippen LogP) is 2.88. The van der Waals surface area contributed by atoms with Gasteiger partial charge in [-0.2, -0.15) is 0 Å². The zero-order chi connectivity index (χ0) is 12.3. The van der Waals surface area contributed by atoms with Crippen LogP contribution in [0.1, 0.15) is 23.7 Å².